The maximum absolute atomic E-state index is 14.7. The molecule has 202 valence electrons. The summed E-state index contributed by atoms with van der Waals surface area (Å²) in [5.41, 5.74) is 1.41. The van der Waals surface area contributed by atoms with Gasteiger partial charge in [0.1, 0.15) is 6.04 Å². The van der Waals surface area contributed by atoms with Crippen molar-refractivity contribution in [3.63, 3.8) is 0 Å². The molecule has 9 heteroatoms. The second-order valence-electron chi connectivity index (χ2n) is 10.7. The number of aliphatic hydroxyl groups is 1. The zero-order valence-electron chi connectivity index (χ0n) is 22.1. The van der Waals surface area contributed by atoms with Crippen LogP contribution in [-0.2, 0) is 19.1 Å². The average Bonchev–Trinajstić information content (AvgIpc) is 3.42. The van der Waals surface area contributed by atoms with Gasteiger partial charge in [0, 0.05) is 11.8 Å². The van der Waals surface area contributed by atoms with Gasteiger partial charge in [-0.2, -0.15) is 0 Å². The lowest BCUT2D eigenvalue weighted by Gasteiger charge is -2.43. The third-order valence-corrected chi connectivity index (χ3v) is 10.7. The number of ether oxygens (including phenoxy) is 1. The van der Waals surface area contributed by atoms with Crippen LogP contribution in [0, 0.1) is 30.6 Å². The molecule has 1 aromatic rings. The molecule has 7 nitrogen and oxygen atoms in total. The predicted octanol–water partition coefficient (Wildman–Crippen LogP) is 4.08. The highest BCUT2D eigenvalue weighted by Crippen LogP contribution is 2.69. The van der Waals surface area contributed by atoms with E-state index < -0.39 is 28.7 Å². The number of rotatable bonds is 9. The Morgan fingerprint density at radius 1 is 1.41 bits per heavy atom. The maximum Gasteiger partial charge on any atom is 0.310 e. The van der Waals surface area contributed by atoms with Crippen molar-refractivity contribution in [1.29, 1.82) is 0 Å². The number of aryl methyl sites for hydroxylation is 1. The molecule has 4 rings (SSSR count). The fraction of sp³-hybridized carbons (Fsp3) is 0.607. The van der Waals surface area contributed by atoms with Gasteiger partial charge in [-0.25, -0.2) is 0 Å². The Labute approximate surface area is 228 Å². The molecule has 3 aliphatic rings. The number of para-hydroxylation sites is 1. The van der Waals surface area contributed by atoms with Gasteiger partial charge in [0.2, 0.25) is 5.91 Å². The lowest BCUT2D eigenvalue weighted by molar-refractivity contribution is -0.154. The number of halogens is 1. The minimum Gasteiger partial charge on any atom is -0.466 e. The van der Waals surface area contributed by atoms with E-state index in [0.29, 0.717) is 17.1 Å². The van der Waals surface area contributed by atoms with Gasteiger partial charge in [-0.15, -0.1) is 18.3 Å². The molecule has 3 fully saturated rings. The summed E-state index contributed by atoms with van der Waals surface area (Å²) in [5.74, 6) is -2.30. The first kappa shape index (κ1) is 28.0. The minimum absolute atomic E-state index is 0.00510. The monoisotopic (exact) mass is 548 g/mol. The number of amides is 2. The Bertz CT molecular complexity index is 1080. The van der Waals surface area contributed by atoms with Gasteiger partial charge in [-0.05, 0) is 43.7 Å². The molecule has 1 aromatic carbocycles. The number of aliphatic hydroxyl groups excluding tert-OH is 1. The van der Waals surface area contributed by atoms with E-state index in [4.69, 9.17) is 16.3 Å². The molecule has 3 heterocycles. The van der Waals surface area contributed by atoms with Crippen molar-refractivity contribution in [2.24, 2.45) is 23.7 Å². The number of hydrogen-bond acceptors (Lipinski definition) is 6. The lowest BCUT2D eigenvalue weighted by Crippen LogP contribution is -2.60. The van der Waals surface area contributed by atoms with Crippen LogP contribution < -0.4 is 4.90 Å². The van der Waals surface area contributed by atoms with E-state index in [9.17, 15) is 19.5 Å². The summed E-state index contributed by atoms with van der Waals surface area (Å²) >= 11 is 8.21. The van der Waals surface area contributed by atoms with Crippen molar-refractivity contribution in [2.45, 2.75) is 63.1 Å². The number of carbonyl (C=O) groups is 3. The van der Waals surface area contributed by atoms with Crippen LogP contribution in [-0.4, -0.2) is 69.6 Å². The van der Waals surface area contributed by atoms with Crippen LogP contribution in [0.25, 0.3) is 0 Å². The van der Waals surface area contributed by atoms with Crippen molar-refractivity contribution >= 4 is 46.8 Å². The largest absolute Gasteiger partial charge is 0.466 e. The number of nitrogens with zero attached hydrogens (tertiary/aromatic N) is 2. The molecule has 0 aromatic heterocycles. The first-order valence-corrected chi connectivity index (χ1v) is 14.3. The second-order valence-corrected chi connectivity index (χ2v) is 12.6. The van der Waals surface area contributed by atoms with Gasteiger partial charge in [0.05, 0.1) is 46.5 Å². The summed E-state index contributed by atoms with van der Waals surface area (Å²) in [7, 11) is 0. The summed E-state index contributed by atoms with van der Waals surface area (Å²) in [6.07, 6.45) is 2.36. The Balaban J connectivity index is 1.91. The normalized spacial score (nSPS) is 31.0. The lowest BCUT2D eigenvalue weighted by atomic mass is 9.66. The van der Waals surface area contributed by atoms with E-state index >= 15 is 0 Å². The fourth-order valence-electron chi connectivity index (χ4n) is 6.76. The highest BCUT2D eigenvalue weighted by atomic mass is 35.5. The SMILES string of the molecule is C=CCN(C(=O)C1N([C@@H](CO)C(C)C)C(=O)[C@@H]2[C@H](C(=O)OCC)[C@@H]3CC(C)C12S3)c1c(C)cccc1Cl. The van der Waals surface area contributed by atoms with Gasteiger partial charge in [-0.3, -0.25) is 14.4 Å². The van der Waals surface area contributed by atoms with Gasteiger partial charge in [0.15, 0.2) is 0 Å². The zero-order chi connectivity index (χ0) is 27.2. The number of esters is 1. The van der Waals surface area contributed by atoms with E-state index in [1.165, 1.54) is 0 Å². The Morgan fingerprint density at radius 3 is 2.68 bits per heavy atom. The topological polar surface area (TPSA) is 87.2 Å². The second kappa shape index (κ2) is 10.6. The molecule has 3 unspecified atom stereocenters. The van der Waals surface area contributed by atoms with E-state index in [-0.39, 0.29) is 54.6 Å². The van der Waals surface area contributed by atoms with E-state index in [1.54, 1.807) is 40.6 Å². The van der Waals surface area contributed by atoms with Crippen LogP contribution in [0.5, 0.6) is 0 Å². The summed E-state index contributed by atoms with van der Waals surface area (Å²) in [5, 5.41) is 10.8. The molecule has 2 amide bonds. The third kappa shape index (κ3) is 4.20. The number of anilines is 1. The molecule has 1 spiro atoms. The van der Waals surface area contributed by atoms with Crippen molar-refractivity contribution in [3.8, 4) is 0 Å². The number of likely N-dealkylation sites (tertiary alicyclic amines) is 1. The number of hydrogen-bond donors (Lipinski definition) is 1. The van der Waals surface area contributed by atoms with Crippen molar-refractivity contribution in [2.75, 3.05) is 24.7 Å². The zero-order valence-corrected chi connectivity index (χ0v) is 23.7. The van der Waals surface area contributed by atoms with E-state index in [0.717, 1.165) is 5.56 Å². The number of carbonyl (C=O) groups excluding carboxylic acids is 3. The predicted molar refractivity (Wildman–Crippen MR) is 147 cm³/mol. The molecule has 1 N–H and O–H groups in total. The minimum atomic E-state index is -0.871. The summed E-state index contributed by atoms with van der Waals surface area (Å²) in [4.78, 5) is 45.4. The van der Waals surface area contributed by atoms with Crippen molar-refractivity contribution in [1.82, 2.24) is 4.90 Å². The van der Waals surface area contributed by atoms with Gasteiger partial charge in [-0.1, -0.05) is 50.6 Å². The molecule has 37 heavy (non-hydrogen) atoms. The molecule has 0 aliphatic carbocycles. The number of fused-ring (bicyclic) bond motifs is 1. The first-order chi connectivity index (χ1) is 17.6. The molecule has 2 bridgehead atoms. The van der Waals surface area contributed by atoms with Crippen LogP contribution in [0.3, 0.4) is 0 Å². The van der Waals surface area contributed by atoms with Gasteiger partial charge >= 0.3 is 5.97 Å². The van der Waals surface area contributed by atoms with Gasteiger partial charge < -0.3 is 19.6 Å². The average molecular weight is 549 g/mol. The standard InChI is InChI=1S/C28H37ClN2O5S/c1-7-12-30(23-16(5)10-9-11-18(23)29)26(34)24-28-17(6)13-20(37-28)21(27(35)36-8-2)22(28)25(33)31(24)19(14-32)15(3)4/h7,9-11,15,17,19-22,24,32H,1,8,12-14H2,2-6H3/t17?,19-,20-,21+,22-,24?,28?/m0/s1. The maximum atomic E-state index is 14.7. The quantitative estimate of drug-likeness (QED) is 0.369. The highest BCUT2D eigenvalue weighted by Gasteiger charge is 2.77. The molecule has 0 radical (unpaired) electrons. The summed E-state index contributed by atoms with van der Waals surface area (Å²) in [6, 6.07) is 4.02. The van der Waals surface area contributed by atoms with Crippen molar-refractivity contribution in [3.05, 3.63) is 41.4 Å². The summed E-state index contributed by atoms with van der Waals surface area (Å²) < 4.78 is 4.61. The highest BCUT2D eigenvalue weighted by molar-refractivity contribution is 8.02. The third-order valence-electron chi connectivity index (χ3n) is 8.33. The molecule has 7 atom stereocenters. The first-order valence-electron chi connectivity index (χ1n) is 13.0. The van der Waals surface area contributed by atoms with Crippen LogP contribution in [0.1, 0.15) is 39.7 Å². The van der Waals surface area contributed by atoms with E-state index in [1.807, 2.05) is 32.9 Å². The van der Waals surface area contributed by atoms with Crippen molar-refractivity contribution < 1.29 is 24.2 Å². The van der Waals surface area contributed by atoms with Crippen LogP contribution in [0.2, 0.25) is 5.02 Å². The molecular formula is C28H37ClN2O5S. The molecule has 0 saturated carbocycles. The smallest absolute Gasteiger partial charge is 0.310 e. The summed E-state index contributed by atoms with van der Waals surface area (Å²) in [6.45, 7) is 13.6. The molecule has 3 saturated heterocycles. The fourth-order valence-corrected chi connectivity index (χ4v) is 9.47. The van der Waals surface area contributed by atoms with E-state index in [2.05, 4.69) is 13.5 Å². The Morgan fingerprint density at radius 2 is 2.11 bits per heavy atom. The Kier molecular flexibility index (Phi) is 8.03. The van der Waals surface area contributed by atoms with Crippen LogP contribution in [0.4, 0.5) is 5.69 Å². The number of benzene rings is 1. The molecule has 3 aliphatic heterocycles. The van der Waals surface area contributed by atoms with Crippen LogP contribution >= 0.6 is 23.4 Å². The van der Waals surface area contributed by atoms with Gasteiger partial charge in [0.25, 0.3) is 5.91 Å². The number of thioether (sulfide) groups is 1. The van der Waals surface area contributed by atoms with Crippen LogP contribution in [0.15, 0.2) is 30.9 Å². The Hall–Kier alpha value is -2.03. The molecular weight excluding hydrogens is 512 g/mol.